The van der Waals surface area contributed by atoms with Gasteiger partial charge in [0.2, 0.25) is 0 Å². The summed E-state index contributed by atoms with van der Waals surface area (Å²) in [5, 5.41) is 6.56. The number of nitrogens with one attached hydrogen (secondary N) is 1. The van der Waals surface area contributed by atoms with Crippen LogP contribution in [0, 0.1) is 6.92 Å². The Kier molecular flexibility index (Phi) is 5.30. The summed E-state index contributed by atoms with van der Waals surface area (Å²) in [6.07, 6.45) is -4.00. The predicted octanol–water partition coefficient (Wildman–Crippen LogP) is 3.68. The number of alkyl halides is 3. The molecule has 0 fully saturated rings. The van der Waals surface area contributed by atoms with E-state index in [-0.39, 0.29) is 12.5 Å². The van der Waals surface area contributed by atoms with Crippen LogP contribution in [-0.4, -0.2) is 22.2 Å². The van der Waals surface area contributed by atoms with Crippen LogP contribution in [0.15, 0.2) is 30.3 Å². The molecule has 2 aromatic rings. The van der Waals surface area contributed by atoms with Crippen LogP contribution in [0.1, 0.15) is 28.2 Å². The van der Waals surface area contributed by atoms with E-state index in [4.69, 9.17) is 11.6 Å². The first-order chi connectivity index (χ1) is 10.8. The van der Waals surface area contributed by atoms with E-state index < -0.39 is 11.9 Å². The second kappa shape index (κ2) is 7.04. The maximum absolute atomic E-state index is 12.6. The third kappa shape index (κ3) is 4.48. The molecule has 0 aliphatic carbocycles. The van der Waals surface area contributed by atoms with E-state index in [1.54, 1.807) is 31.2 Å². The second-order valence-corrected chi connectivity index (χ2v) is 5.39. The largest absolute Gasteiger partial charge is 0.435 e. The topological polar surface area (TPSA) is 46.9 Å². The summed E-state index contributed by atoms with van der Waals surface area (Å²) >= 11 is 5.91. The van der Waals surface area contributed by atoms with E-state index in [9.17, 15) is 18.0 Å². The van der Waals surface area contributed by atoms with Crippen LogP contribution in [0.3, 0.4) is 0 Å². The molecule has 23 heavy (non-hydrogen) atoms. The van der Waals surface area contributed by atoms with E-state index in [1.165, 1.54) is 4.68 Å². The van der Waals surface area contributed by atoms with E-state index in [0.29, 0.717) is 29.2 Å². The molecule has 1 aromatic heterocycles. The molecule has 0 atom stereocenters. The molecule has 0 spiro atoms. The Bertz CT molecular complexity index is 698. The summed E-state index contributed by atoms with van der Waals surface area (Å²) in [6.45, 7) is 2.15. The average Bonchev–Trinajstić information content (AvgIpc) is 2.85. The van der Waals surface area contributed by atoms with Gasteiger partial charge in [0.1, 0.15) is 0 Å². The normalized spacial score (nSPS) is 11.5. The van der Waals surface area contributed by atoms with Crippen LogP contribution >= 0.6 is 11.6 Å². The summed E-state index contributed by atoms with van der Waals surface area (Å²) in [5.41, 5.74) is -0.117. The third-order valence-electron chi connectivity index (χ3n) is 3.22. The van der Waals surface area contributed by atoms with Crippen LogP contribution in [-0.2, 0) is 12.7 Å². The number of nitrogens with zero attached hydrogens (tertiary/aromatic N) is 2. The van der Waals surface area contributed by atoms with Crippen molar-refractivity contribution in [1.82, 2.24) is 15.1 Å². The van der Waals surface area contributed by atoms with Gasteiger partial charge in [-0.15, -0.1) is 0 Å². The third-order valence-corrected chi connectivity index (χ3v) is 3.55. The first kappa shape index (κ1) is 17.3. The fourth-order valence-corrected chi connectivity index (χ4v) is 2.27. The molecule has 4 nitrogen and oxygen atoms in total. The molecule has 1 amide bonds. The molecule has 1 heterocycles. The minimum atomic E-state index is -4.45. The molecule has 0 aliphatic heterocycles. The van der Waals surface area contributed by atoms with Gasteiger partial charge < -0.3 is 5.32 Å². The van der Waals surface area contributed by atoms with Gasteiger partial charge in [-0.2, -0.15) is 18.3 Å². The predicted molar refractivity (Wildman–Crippen MR) is 80.4 cm³/mol. The van der Waals surface area contributed by atoms with E-state index >= 15 is 0 Å². The summed E-state index contributed by atoms with van der Waals surface area (Å²) in [4.78, 5) is 11.9. The van der Waals surface area contributed by atoms with Crippen molar-refractivity contribution in [3.8, 4) is 0 Å². The number of aromatic nitrogens is 2. The second-order valence-electron chi connectivity index (χ2n) is 4.98. The highest BCUT2D eigenvalue weighted by Crippen LogP contribution is 2.28. The van der Waals surface area contributed by atoms with Crippen molar-refractivity contribution in [2.75, 3.05) is 6.54 Å². The number of hydrogen-bond donors (Lipinski definition) is 1. The van der Waals surface area contributed by atoms with Crippen LogP contribution in [0.4, 0.5) is 13.2 Å². The Morgan fingerprint density at radius 2 is 2.04 bits per heavy atom. The lowest BCUT2D eigenvalue weighted by atomic mass is 10.2. The van der Waals surface area contributed by atoms with Gasteiger partial charge in [-0.25, -0.2) is 0 Å². The highest BCUT2D eigenvalue weighted by atomic mass is 35.5. The molecule has 2 rings (SSSR count). The molecule has 0 saturated heterocycles. The summed E-state index contributed by atoms with van der Waals surface area (Å²) < 4.78 is 38.9. The quantitative estimate of drug-likeness (QED) is 0.840. The molecule has 1 aromatic carbocycles. The lowest BCUT2D eigenvalue weighted by molar-refractivity contribution is -0.141. The number of halogens is 4. The molecular formula is C15H15ClF3N3O. The standard InChI is InChI=1S/C15H15ClF3N3O/c1-10-9-13(15(17,18)19)21-22(10)8-4-7-20-14(23)11-5-2-3-6-12(11)16/h2-3,5-6,9H,4,7-8H2,1H3,(H,20,23). The van der Waals surface area contributed by atoms with Crippen molar-refractivity contribution in [2.45, 2.75) is 26.1 Å². The molecule has 124 valence electrons. The molecule has 0 aliphatic rings. The summed E-state index contributed by atoms with van der Waals surface area (Å²) in [7, 11) is 0. The number of amides is 1. The number of benzene rings is 1. The Morgan fingerprint density at radius 3 is 2.65 bits per heavy atom. The molecule has 0 radical (unpaired) electrons. The fraction of sp³-hybridized carbons (Fsp3) is 0.333. The van der Waals surface area contributed by atoms with Gasteiger partial charge in [0.15, 0.2) is 5.69 Å². The van der Waals surface area contributed by atoms with Gasteiger partial charge in [-0.1, -0.05) is 23.7 Å². The molecule has 0 saturated carbocycles. The lowest BCUT2D eigenvalue weighted by Crippen LogP contribution is -2.25. The van der Waals surface area contributed by atoms with E-state index in [1.807, 2.05) is 0 Å². The SMILES string of the molecule is Cc1cc(C(F)(F)F)nn1CCCNC(=O)c1ccccc1Cl. The minimum absolute atomic E-state index is 0.282. The van der Waals surface area contributed by atoms with Crippen LogP contribution in [0.2, 0.25) is 5.02 Å². The van der Waals surface area contributed by atoms with Crippen molar-refractivity contribution in [3.05, 3.63) is 52.3 Å². The van der Waals surface area contributed by atoms with Crippen molar-refractivity contribution < 1.29 is 18.0 Å². The molecule has 0 unspecified atom stereocenters. The van der Waals surface area contributed by atoms with Crippen molar-refractivity contribution in [2.24, 2.45) is 0 Å². The highest BCUT2D eigenvalue weighted by molar-refractivity contribution is 6.33. The first-order valence-electron chi connectivity index (χ1n) is 6.93. The zero-order valence-electron chi connectivity index (χ0n) is 12.3. The Balaban J connectivity index is 1.85. The van der Waals surface area contributed by atoms with E-state index in [0.717, 1.165) is 6.07 Å². The van der Waals surface area contributed by atoms with Gasteiger partial charge in [0.05, 0.1) is 10.6 Å². The number of carbonyl (C=O) groups is 1. The summed E-state index contributed by atoms with van der Waals surface area (Å²) in [5.74, 6) is -0.316. The number of hydrogen-bond acceptors (Lipinski definition) is 2. The molecule has 0 bridgehead atoms. The van der Waals surface area contributed by atoms with E-state index in [2.05, 4.69) is 10.4 Å². The van der Waals surface area contributed by atoms with Crippen LogP contribution < -0.4 is 5.32 Å². The highest BCUT2D eigenvalue weighted by Gasteiger charge is 2.34. The first-order valence-corrected chi connectivity index (χ1v) is 7.31. The van der Waals surface area contributed by atoms with Gasteiger partial charge in [-0.05, 0) is 31.5 Å². The molecule has 8 heteroatoms. The average molecular weight is 346 g/mol. The number of rotatable bonds is 5. The van der Waals surface area contributed by atoms with Crippen LogP contribution in [0.25, 0.3) is 0 Å². The van der Waals surface area contributed by atoms with Crippen LogP contribution in [0.5, 0.6) is 0 Å². The number of carbonyl (C=O) groups excluding carboxylic acids is 1. The molecular weight excluding hydrogens is 331 g/mol. The Hall–Kier alpha value is -2.02. The maximum Gasteiger partial charge on any atom is 0.435 e. The zero-order valence-corrected chi connectivity index (χ0v) is 13.1. The summed E-state index contributed by atoms with van der Waals surface area (Å²) in [6, 6.07) is 7.64. The lowest BCUT2D eigenvalue weighted by Gasteiger charge is -2.08. The minimum Gasteiger partial charge on any atom is -0.352 e. The Morgan fingerprint density at radius 1 is 1.35 bits per heavy atom. The van der Waals surface area contributed by atoms with Gasteiger partial charge >= 0.3 is 6.18 Å². The van der Waals surface area contributed by atoms with Crippen molar-refractivity contribution >= 4 is 17.5 Å². The van der Waals surface area contributed by atoms with Gasteiger partial charge in [0, 0.05) is 18.8 Å². The molecule has 1 N–H and O–H groups in total. The monoisotopic (exact) mass is 345 g/mol. The smallest absolute Gasteiger partial charge is 0.352 e. The zero-order chi connectivity index (χ0) is 17.0. The van der Waals surface area contributed by atoms with Crippen molar-refractivity contribution in [1.29, 1.82) is 0 Å². The number of aryl methyl sites for hydroxylation is 2. The fourth-order valence-electron chi connectivity index (χ4n) is 2.05. The van der Waals surface area contributed by atoms with Gasteiger partial charge in [-0.3, -0.25) is 9.48 Å². The van der Waals surface area contributed by atoms with Gasteiger partial charge in [0.25, 0.3) is 5.91 Å². The maximum atomic E-state index is 12.6. The Labute approximate surface area is 136 Å². The van der Waals surface area contributed by atoms with Crippen molar-refractivity contribution in [3.63, 3.8) is 0 Å².